The Labute approximate surface area is 112 Å². The van der Waals surface area contributed by atoms with Gasteiger partial charge in [0.25, 0.3) is 0 Å². The minimum absolute atomic E-state index is 0.0272. The first-order valence-corrected chi connectivity index (χ1v) is 8.65. The molecule has 19 heavy (non-hydrogen) atoms. The maximum atomic E-state index is 12.9. The number of sulfonamides is 1. The number of hydrogen-bond acceptors (Lipinski definition) is 4. The Morgan fingerprint density at radius 2 is 1.79 bits per heavy atom. The van der Waals surface area contributed by atoms with E-state index in [0.717, 1.165) is 25.0 Å². The van der Waals surface area contributed by atoms with E-state index in [-0.39, 0.29) is 10.9 Å². The maximum Gasteiger partial charge on any atom is 0.332 e. The minimum atomic E-state index is -4.91. The van der Waals surface area contributed by atoms with Gasteiger partial charge in [-0.15, -0.1) is 3.89 Å². The van der Waals surface area contributed by atoms with Crippen LogP contribution >= 0.6 is 0 Å². The summed E-state index contributed by atoms with van der Waals surface area (Å²) in [4.78, 5) is -0.833. The number of benzene rings is 1. The van der Waals surface area contributed by atoms with E-state index in [0.29, 0.717) is 6.54 Å². The molecule has 0 aliphatic heterocycles. The molecule has 1 aromatic carbocycles. The van der Waals surface area contributed by atoms with Crippen molar-refractivity contribution in [2.45, 2.75) is 35.6 Å². The second-order valence-corrected chi connectivity index (χ2v) is 7.59. The molecular formula is C11H14FNO4S2. The van der Waals surface area contributed by atoms with Gasteiger partial charge in [0.05, 0.1) is 9.79 Å². The summed E-state index contributed by atoms with van der Waals surface area (Å²) in [7, 11) is -8.67. The van der Waals surface area contributed by atoms with Crippen molar-refractivity contribution in [1.29, 1.82) is 0 Å². The molecule has 0 aromatic heterocycles. The molecule has 0 unspecified atom stereocenters. The fourth-order valence-corrected chi connectivity index (χ4v) is 4.23. The molecule has 1 aliphatic rings. The van der Waals surface area contributed by atoms with Crippen molar-refractivity contribution in [3.63, 3.8) is 0 Å². The number of halogens is 1. The normalized spacial score (nSPS) is 16.8. The Morgan fingerprint density at radius 1 is 1.21 bits per heavy atom. The van der Waals surface area contributed by atoms with Gasteiger partial charge in [-0.05, 0) is 31.0 Å². The van der Waals surface area contributed by atoms with E-state index < -0.39 is 25.1 Å². The Morgan fingerprint density at radius 3 is 2.26 bits per heavy atom. The highest BCUT2D eigenvalue weighted by Crippen LogP contribution is 2.32. The number of rotatable bonds is 5. The van der Waals surface area contributed by atoms with Crippen LogP contribution in [0.3, 0.4) is 0 Å². The van der Waals surface area contributed by atoms with Gasteiger partial charge in [0, 0.05) is 12.6 Å². The lowest BCUT2D eigenvalue weighted by Gasteiger charge is -2.20. The van der Waals surface area contributed by atoms with E-state index in [2.05, 4.69) is 0 Å². The lowest BCUT2D eigenvalue weighted by Crippen LogP contribution is -2.32. The van der Waals surface area contributed by atoms with E-state index in [9.17, 15) is 20.7 Å². The monoisotopic (exact) mass is 307 g/mol. The molecule has 1 aliphatic carbocycles. The average Bonchev–Trinajstić information content (AvgIpc) is 3.13. The van der Waals surface area contributed by atoms with Gasteiger partial charge in [-0.25, -0.2) is 8.42 Å². The van der Waals surface area contributed by atoms with Crippen LogP contribution in [0.2, 0.25) is 0 Å². The van der Waals surface area contributed by atoms with Crippen molar-refractivity contribution >= 4 is 20.2 Å². The lowest BCUT2D eigenvalue weighted by molar-refractivity contribution is 0.421. The van der Waals surface area contributed by atoms with Crippen molar-refractivity contribution < 1.29 is 20.7 Å². The lowest BCUT2D eigenvalue weighted by atomic mass is 10.4. The molecule has 5 nitrogen and oxygen atoms in total. The zero-order valence-corrected chi connectivity index (χ0v) is 11.9. The SMILES string of the molecule is CCN(C1CC1)S(=O)(=O)c1cccc(S(=O)(=O)F)c1. The van der Waals surface area contributed by atoms with Crippen LogP contribution in [-0.2, 0) is 20.2 Å². The van der Waals surface area contributed by atoms with Gasteiger partial charge in [-0.1, -0.05) is 13.0 Å². The summed E-state index contributed by atoms with van der Waals surface area (Å²) in [5.74, 6) is 0. The van der Waals surface area contributed by atoms with Gasteiger partial charge in [-0.3, -0.25) is 0 Å². The van der Waals surface area contributed by atoms with Crippen LogP contribution in [0, 0.1) is 0 Å². The maximum absolute atomic E-state index is 12.9. The molecule has 1 aromatic rings. The van der Waals surface area contributed by atoms with E-state index in [4.69, 9.17) is 0 Å². The summed E-state index contributed by atoms with van der Waals surface area (Å²) in [6.45, 7) is 2.02. The molecule has 0 spiro atoms. The first kappa shape index (κ1) is 14.4. The summed E-state index contributed by atoms with van der Waals surface area (Å²) >= 11 is 0. The third kappa shape index (κ3) is 2.96. The molecule has 2 rings (SSSR count). The third-order valence-electron chi connectivity index (χ3n) is 2.96. The molecule has 1 saturated carbocycles. The van der Waals surface area contributed by atoms with Crippen LogP contribution in [0.4, 0.5) is 3.89 Å². The van der Waals surface area contributed by atoms with Crippen molar-refractivity contribution in [3.05, 3.63) is 24.3 Å². The van der Waals surface area contributed by atoms with Crippen molar-refractivity contribution in [2.24, 2.45) is 0 Å². The van der Waals surface area contributed by atoms with Gasteiger partial charge in [0.2, 0.25) is 10.0 Å². The molecular weight excluding hydrogens is 293 g/mol. The highest BCUT2D eigenvalue weighted by atomic mass is 32.3. The smallest absolute Gasteiger partial charge is 0.207 e. The van der Waals surface area contributed by atoms with Gasteiger partial charge in [0.15, 0.2) is 0 Å². The second-order valence-electron chi connectivity index (χ2n) is 4.35. The largest absolute Gasteiger partial charge is 0.332 e. The first-order valence-electron chi connectivity index (χ1n) is 5.83. The minimum Gasteiger partial charge on any atom is -0.207 e. The summed E-state index contributed by atoms with van der Waals surface area (Å²) < 4.78 is 60.5. The third-order valence-corrected chi connectivity index (χ3v) is 5.80. The van der Waals surface area contributed by atoms with Crippen LogP contribution < -0.4 is 0 Å². The van der Waals surface area contributed by atoms with Crippen LogP contribution in [0.15, 0.2) is 34.1 Å². The summed E-state index contributed by atoms with van der Waals surface area (Å²) in [6, 6.07) is 4.35. The predicted molar refractivity (Wildman–Crippen MR) is 67.3 cm³/mol. The Balaban J connectivity index is 2.46. The number of nitrogens with zero attached hydrogens (tertiary/aromatic N) is 1. The fourth-order valence-electron chi connectivity index (χ4n) is 1.91. The Hall–Kier alpha value is -0.990. The molecule has 8 heteroatoms. The summed E-state index contributed by atoms with van der Waals surface area (Å²) in [5, 5.41) is 0. The molecule has 106 valence electrons. The van der Waals surface area contributed by atoms with E-state index in [1.807, 2.05) is 0 Å². The Bertz CT molecular complexity index is 680. The molecule has 1 fully saturated rings. The topological polar surface area (TPSA) is 71.5 Å². The van der Waals surface area contributed by atoms with Gasteiger partial charge in [-0.2, -0.15) is 12.7 Å². The predicted octanol–water partition coefficient (Wildman–Crippen LogP) is 1.52. The van der Waals surface area contributed by atoms with Crippen LogP contribution in [0.1, 0.15) is 19.8 Å². The van der Waals surface area contributed by atoms with Crippen LogP contribution in [0.25, 0.3) is 0 Å². The molecule has 0 bridgehead atoms. The second kappa shape index (κ2) is 4.84. The molecule has 0 radical (unpaired) electrons. The van der Waals surface area contributed by atoms with Crippen molar-refractivity contribution in [3.8, 4) is 0 Å². The summed E-state index contributed by atoms with van der Waals surface area (Å²) in [5.41, 5.74) is 0. The van der Waals surface area contributed by atoms with Crippen LogP contribution in [0.5, 0.6) is 0 Å². The Kier molecular flexibility index (Phi) is 3.67. The standard InChI is InChI=1S/C11H14FNO4S2/c1-2-13(9-6-7-9)19(16,17)11-5-3-4-10(8-11)18(12,14)15/h3-5,8-9H,2,6-7H2,1H3. The van der Waals surface area contributed by atoms with E-state index >= 15 is 0 Å². The number of hydrogen-bond donors (Lipinski definition) is 0. The van der Waals surface area contributed by atoms with Gasteiger partial charge in [0.1, 0.15) is 0 Å². The molecule has 0 heterocycles. The molecule has 0 saturated heterocycles. The molecule has 0 amide bonds. The average molecular weight is 307 g/mol. The fraction of sp³-hybridized carbons (Fsp3) is 0.455. The van der Waals surface area contributed by atoms with E-state index in [1.54, 1.807) is 6.92 Å². The first-order chi connectivity index (χ1) is 8.76. The highest BCUT2D eigenvalue weighted by Gasteiger charge is 2.37. The zero-order chi connectivity index (χ0) is 14.3. The van der Waals surface area contributed by atoms with E-state index in [1.165, 1.54) is 16.4 Å². The zero-order valence-electron chi connectivity index (χ0n) is 10.3. The highest BCUT2D eigenvalue weighted by molar-refractivity contribution is 7.89. The molecule has 0 atom stereocenters. The van der Waals surface area contributed by atoms with Crippen LogP contribution in [-0.4, -0.2) is 33.7 Å². The van der Waals surface area contributed by atoms with Gasteiger partial charge >= 0.3 is 10.2 Å². The quantitative estimate of drug-likeness (QED) is 0.773. The molecule has 0 N–H and O–H groups in total. The van der Waals surface area contributed by atoms with Crippen molar-refractivity contribution in [1.82, 2.24) is 4.31 Å². The van der Waals surface area contributed by atoms with Crippen molar-refractivity contribution in [2.75, 3.05) is 6.54 Å². The van der Waals surface area contributed by atoms with Gasteiger partial charge < -0.3 is 0 Å². The summed E-state index contributed by atoms with van der Waals surface area (Å²) in [6.07, 6.45) is 1.60.